The van der Waals surface area contributed by atoms with Gasteiger partial charge in [0.15, 0.2) is 11.3 Å². The van der Waals surface area contributed by atoms with Gasteiger partial charge in [-0.05, 0) is 18.2 Å². The van der Waals surface area contributed by atoms with Gasteiger partial charge in [0.05, 0.1) is 11.8 Å². The smallest absolute Gasteiger partial charge is 0.203 e. The molecule has 0 atom stereocenters. The van der Waals surface area contributed by atoms with Gasteiger partial charge >= 0.3 is 0 Å². The van der Waals surface area contributed by atoms with Gasteiger partial charge in [-0.25, -0.2) is 9.56 Å². The highest BCUT2D eigenvalue weighted by atomic mass is 35.5. The molecule has 2 aliphatic rings. The molecular weight excluding hydrogens is 286 g/mol. The summed E-state index contributed by atoms with van der Waals surface area (Å²) in [7, 11) is 8.04. The van der Waals surface area contributed by atoms with Gasteiger partial charge < -0.3 is 21.7 Å². The number of fused-ring (bicyclic) bond motifs is 2. The Morgan fingerprint density at radius 3 is 2.52 bits per heavy atom. The fourth-order valence-corrected chi connectivity index (χ4v) is 2.25. The van der Waals surface area contributed by atoms with E-state index in [2.05, 4.69) is 9.56 Å². The zero-order chi connectivity index (χ0) is 14.3. The van der Waals surface area contributed by atoms with Gasteiger partial charge in [-0.2, -0.15) is 0 Å². The highest BCUT2D eigenvalue weighted by Gasteiger charge is 2.13. The van der Waals surface area contributed by atoms with Crippen LogP contribution in [0.15, 0.2) is 40.8 Å². The first-order valence-corrected chi connectivity index (χ1v) is 6.57. The Balaban J connectivity index is 0.00000161. The summed E-state index contributed by atoms with van der Waals surface area (Å²) in [5, 5.41) is 1.10. The molecule has 0 saturated heterocycles. The summed E-state index contributed by atoms with van der Waals surface area (Å²) in [5.41, 5.74) is 3.60. The summed E-state index contributed by atoms with van der Waals surface area (Å²) < 4.78 is 8.15. The third-order valence-corrected chi connectivity index (χ3v) is 3.37. The first-order chi connectivity index (χ1) is 9.56. The zero-order valence-electron chi connectivity index (χ0n) is 12.6. The fourth-order valence-electron chi connectivity index (χ4n) is 2.25. The van der Waals surface area contributed by atoms with E-state index >= 15 is 0 Å². The molecular formula is C16H18ClN3O. The zero-order valence-corrected chi connectivity index (χ0v) is 13.3. The second-order valence-corrected chi connectivity index (χ2v) is 5.28. The molecule has 0 N–H and O–H groups in total. The SMILES string of the molecule is CN(C)c1cccc2nc3ccc(=[N+](C)C)cc-3oc12.[Cl-]. The number of hydrogen-bond donors (Lipinski definition) is 0. The second-order valence-electron chi connectivity index (χ2n) is 5.28. The van der Waals surface area contributed by atoms with E-state index in [1.807, 2.05) is 69.5 Å². The van der Waals surface area contributed by atoms with E-state index in [0.29, 0.717) is 0 Å². The number of benzene rings is 2. The van der Waals surface area contributed by atoms with Crippen molar-refractivity contribution in [3.63, 3.8) is 0 Å². The van der Waals surface area contributed by atoms with Gasteiger partial charge in [-0.15, -0.1) is 0 Å². The van der Waals surface area contributed by atoms with E-state index in [0.717, 1.165) is 33.6 Å². The van der Waals surface area contributed by atoms with Gasteiger partial charge in [0.2, 0.25) is 5.36 Å². The number of anilines is 1. The largest absolute Gasteiger partial charge is 1.00 e. The van der Waals surface area contributed by atoms with Crippen molar-refractivity contribution in [2.75, 3.05) is 33.1 Å². The first kappa shape index (κ1) is 15.3. The maximum atomic E-state index is 6.10. The minimum atomic E-state index is 0. The van der Waals surface area contributed by atoms with Crippen LogP contribution in [0.3, 0.4) is 0 Å². The van der Waals surface area contributed by atoms with Crippen LogP contribution in [0.2, 0.25) is 0 Å². The predicted octanol–water partition coefficient (Wildman–Crippen LogP) is -0.966. The number of hydrogen-bond acceptors (Lipinski definition) is 3. The predicted molar refractivity (Wildman–Crippen MR) is 82.1 cm³/mol. The van der Waals surface area contributed by atoms with E-state index in [9.17, 15) is 0 Å². The van der Waals surface area contributed by atoms with Crippen molar-refractivity contribution in [3.05, 3.63) is 41.8 Å². The molecule has 0 spiro atoms. The van der Waals surface area contributed by atoms with Crippen molar-refractivity contribution in [1.82, 2.24) is 9.56 Å². The molecule has 0 saturated carbocycles. The number of halogens is 1. The quantitative estimate of drug-likeness (QED) is 0.428. The molecule has 1 aliphatic heterocycles. The molecule has 21 heavy (non-hydrogen) atoms. The molecule has 3 rings (SSSR count). The lowest BCUT2D eigenvalue weighted by molar-refractivity contribution is -0.00000468. The Morgan fingerprint density at radius 2 is 1.86 bits per heavy atom. The molecule has 1 heterocycles. The normalized spacial score (nSPS) is 10.5. The summed E-state index contributed by atoms with van der Waals surface area (Å²) >= 11 is 0. The number of para-hydroxylation sites is 1. The van der Waals surface area contributed by atoms with Crippen LogP contribution in [-0.2, 0) is 0 Å². The third kappa shape index (κ3) is 2.72. The Labute approximate surface area is 130 Å². The monoisotopic (exact) mass is 303 g/mol. The van der Waals surface area contributed by atoms with Crippen LogP contribution < -0.4 is 27.2 Å². The van der Waals surface area contributed by atoms with Crippen molar-refractivity contribution in [1.29, 1.82) is 0 Å². The summed E-state index contributed by atoms with van der Waals surface area (Å²) in [6, 6.07) is 12.1. The van der Waals surface area contributed by atoms with E-state index in [4.69, 9.17) is 4.42 Å². The van der Waals surface area contributed by atoms with Crippen molar-refractivity contribution in [2.24, 2.45) is 0 Å². The Hall–Kier alpha value is -2.07. The van der Waals surface area contributed by atoms with E-state index in [-0.39, 0.29) is 12.4 Å². The number of nitrogens with zero attached hydrogens (tertiary/aromatic N) is 3. The summed E-state index contributed by atoms with van der Waals surface area (Å²) in [6.45, 7) is 0. The van der Waals surface area contributed by atoms with Crippen molar-refractivity contribution < 1.29 is 16.8 Å². The van der Waals surface area contributed by atoms with Crippen LogP contribution in [0, 0.1) is 0 Å². The van der Waals surface area contributed by atoms with Crippen molar-refractivity contribution in [3.8, 4) is 11.5 Å². The highest BCUT2D eigenvalue weighted by Crippen LogP contribution is 2.29. The van der Waals surface area contributed by atoms with Gasteiger partial charge in [-0.1, -0.05) is 6.07 Å². The van der Waals surface area contributed by atoms with Crippen LogP contribution in [-0.4, -0.2) is 33.2 Å². The summed E-state index contributed by atoms with van der Waals surface area (Å²) in [5.74, 6) is 0.804. The molecule has 5 heteroatoms. The minimum absolute atomic E-state index is 0. The lowest BCUT2D eigenvalue weighted by Gasteiger charge is -2.15. The Morgan fingerprint density at radius 1 is 1.10 bits per heavy atom. The Kier molecular flexibility index (Phi) is 4.19. The average Bonchev–Trinajstić information content (AvgIpc) is 2.43. The molecule has 4 nitrogen and oxygen atoms in total. The van der Waals surface area contributed by atoms with Crippen LogP contribution in [0.5, 0.6) is 0 Å². The molecule has 0 unspecified atom stereocenters. The van der Waals surface area contributed by atoms with E-state index in [1.165, 1.54) is 0 Å². The maximum absolute atomic E-state index is 6.10. The van der Waals surface area contributed by atoms with Crippen molar-refractivity contribution >= 4 is 16.8 Å². The van der Waals surface area contributed by atoms with Crippen LogP contribution in [0.1, 0.15) is 0 Å². The molecule has 0 amide bonds. The highest BCUT2D eigenvalue weighted by molar-refractivity contribution is 5.88. The molecule has 0 aromatic heterocycles. The lowest BCUT2D eigenvalue weighted by Crippen LogP contribution is -3.00. The number of rotatable bonds is 1. The topological polar surface area (TPSA) is 32.3 Å². The maximum Gasteiger partial charge on any atom is 0.203 e. The van der Waals surface area contributed by atoms with Crippen LogP contribution >= 0.6 is 0 Å². The minimum Gasteiger partial charge on any atom is -1.00 e. The van der Waals surface area contributed by atoms with Gasteiger partial charge in [0.1, 0.15) is 25.3 Å². The van der Waals surface area contributed by atoms with Crippen molar-refractivity contribution in [2.45, 2.75) is 0 Å². The van der Waals surface area contributed by atoms with Gasteiger partial charge in [-0.3, -0.25) is 0 Å². The fraction of sp³-hybridized carbons (Fsp3) is 0.250. The molecule has 110 valence electrons. The average molecular weight is 304 g/mol. The standard InChI is InChI=1S/C16H18N3O.ClH/c1-18(2)11-8-9-12-15(10-11)20-16-13(17-12)6-5-7-14(16)19(3)4;/h5-10H,1-4H3;1H/q+1;/p-1. The first-order valence-electron chi connectivity index (χ1n) is 6.57. The molecule has 1 aromatic rings. The molecule has 0 bridgehead atoms. The molecule has 0 fully saturated rings. The molecule has 1 aromatic carbocycles. The van der Waals surface area contributed by atoms with Gasteiger partial charge in [0.25, 0.3) is 0 Å². The van der Waals surface area contributed by atoms with E-state index < -0.39 is 0 Å². The molecule has 1 aliphatic carbocycles. The lowest BCUT2D eigenvalue weighted by atomic mass is 10.2. The van der Waals surface area contributed by atoms with Gasteiger partial charge in [0, 0.05) is 20.2 Å². The summed E-state index contributed by atoms with van der Waals surface area (Å²) in [4.78, 5) is 6.72. The third-order valence-electron chi connectivity index (χ3n) is 3.37. The van der Waals surface area contributed by atoms with Crippen LogP contribution in [0.25, 0.3) is 22.6 Å². The van der Waals surface area contributed by atoms with Crippen LogP contribution in [0.4, 0.5) is 5.69 Å². The summed E-state index contributed by atoms with van der Waals surface area (Å²) in [6.07, 6.45) is 0. The Bertz CT molecular complexity index is 819. The molecule has 0 radical (unpaired) electrons. The number of aromatic nitrogens is 1. The van der Waals surface area contributed by atoms with E-state index in [1.54, 1.807) is 0 Å². The second kappa shape index (κ2) is 5.74.